The molecule has 0 atom stereocenters. The van der Waals surface area contributed by atoms with Gasteiger partial charge in [0.2, 0.25) is 5.82 Å². The van der Waals surface area contributed by atoms with Gasteiger partial charge in [0.15, 0.2) is 17.4 Å². The van der Waals surface area contributed by atoms with E-state index in [-0.39, 0.29) is 12.5 Å². The van der Waals surface area contributed by atoms with Crippen LogP contribution >= 0.6 is 0 Å². The minimum atomic E-state index is -1.49. The molecule has 0 aliphatic heterocycles. The molecule has 11 heteroatoms. The first-order valence-electron chi connectivity index (χ1n) is 12.3. The number of carbonyl (C=O) groups is 2. The summed E-state index contributed by atoms with van der Waals surface area (Å²) in [7, 11) is 0. The Kier molecular flexibility index (Phi) is 7.05. The third kappa shape index (κ3) is 5.07. The van der Waals surface area contributed by atoms with Crippen LogP contribution in [0.4, 0.5) is 18.9 Å². The third-order valence-corrected chi connectivity index (χ3v) is 6.70. The molecule has 8 nitrogen and oxygen atoms in total. The van der Waals surface area contributed by atoms with Gasteiger partial charge in [-0.15, -0.1) is 0 Å². The van der Waals surface area contributed by atoms with Gasteiger partial charge in [0.25, 0.3) is 11.8 Å². The van der Waals surface area contributed by atoms with Gasteiger partial charge in [-0.05, 0) is 68.1 Å². The van der Waals surface area contributed by atoms with Crippen molar-refractivity contribution in [3.05, 3.63) is 101 Å². The lowest BCUT2D eigenvalue weighted by Crippen LogP contribution is -2.50. The van der Waals surface area contributed by atoms with Crippen molar-refractivity contribution in [1.82, 2.24) is 20.1 Å². The van der Waals surface area contributed by atoms with E-state index < -0.39 is 40.2 Å². The third-order valence-electron chi connectivity index (χ3n) is 6.70. The maximum absolute atomic E-state index is 14.7. The molecule has 3 aromatic carbocycles. The molecule has 0 saturated heterocycles. The molecule has 0 bridgehead atoms. The number of anilines is 1. The first-order valence-corrected chi connectivity index (χ1v) is 12.3. The summed E-state index contributed by atoms with van der Waals surface area (Å²) in [6.07, 6.45) is 5.34. The number of amides is 2. The molecule has 4 aromatic rings. The van der Waals surface area contributed by atoms with Gasteiger partial charge < -0.3 is 15.4 Å². The number of aromatic nitrogens is 3. The molecular weight excluding hydrogens is 511 g/mol. The average Bonchev–Trinajstić information content (AvgIpc) is 3.46. The van der Waals surface area contributed by atoms with E-state index in [4.69, 9.17) is 4.74 Å². The van der Waals surface area contributed by atoms with E-state index >= 15 is 0 Å². The summed E-state index contributed by atoms with van der Waals surface area (Å²) in [4.78, 5) is 29.7. The molecule has 200 valence electrons. The molecule has 2 N–H and O–H groups in total. The van der Waals surface area contributed by atoms with Gasteiger partial charge in [-0.1, -0.05) is 18.2 Å². The molecule has 5 rings (SSSR count). The van der Waals surface area contributed by atoms with E-state index in [1.54, 1.807) is 53.5 Å². The Morgan fingerprint density at radius 3 is 2.44 bits per heavy atom. The SMILES string of the molecule is CCOc1c(F)c(F)cc(C(=O)Nc2ccc(C3(NC(=O)c4cccc(-n5cncn5)c4)CCC3)cc2)c1F. The molecule has 39 heavy (non-hydrogen) atoms. The van der Waals surface area contributed by atoms with Gasteiger partial charge in [-0.25, -0.2) is 18.4 Å². The van der Waals surface area contributed by atoms with Crippen LogP contribution in [0, 0.1) is 17.5 Å². The summed E-state index contributed by atoms with van der Waals surface area (Å²) in [5, 5.41) is 9.73. The highest BCUT2D eigenvalue weighted by Gasteiger charge is 2.40. The van der Waals surface area contributed by atoms with E-state index in [0.717, 1.165) is 24.8 Å². The molecule has 1 aliphatic rings. The first kappa shape index (κ1) is 26.0. The van der Waals surface area contributed by atoms with Crippen molar-refractivity contribution in [3.8, 4) is 11.4 Å². The Morgan fingerprint density at radius 2 is 1.79 bits per heavy atom. The zero-order valence-electron chi connectivity index (χ0n) is 20.9. The molecule has 0 radical (unpaired) electrons. The number of rotatable bonds is 8. The number of carbonyl (C=O) groups excluding carboxylic acids is 2. The predicted octanol–water partition coefficient (Wildman–Crippen LogP) is 5.14. The normalized spacial score (nSPS) is 13.8. The Bertz CT molecular complexity index is 1520. The van der Waals surface area contributed by atoms with Crippen molar-refractivity contribution in [2.24, 2.45) is 0 Å². The maximum atomic E-state index is 14.7. The Morgan fingerprint density at radius 1 is 1.03 bits per heavy atom. The second-order valence-electron chi connectivity index (χ2n) is 9.11. The maximum Gasteiger partial charge on any atom is 0.258 e. The smallest absolute Gasteiger partial charge is 0.258 e. The van der Waals surface area contributed by atoms with Crippen LogP contribution in [-0.2, 0) is 5.54 Å². The number of hydrogen-bond acceptors (Lipinski definition) is 5. The number of nitrogens with zero attached hydrogens (tertiary/aromatic N) is 3. The predicted molar refractivity (Wildman–Crippen MR) is 136 cm³/mol. The van der Waals surface area contributed by atoms with Gasteiger partial charge in [0.05, 0.1) is 23.4 Å². The Hall–Kier alpha value is -4.67. The lowest BCUT2D eigenvalue weighted by molar-refractivity contribution is 0.0823. The minimum absolute atomic E-state index is 0.106. The fraction of sp³-hybridized carbons (Fsp3) is 0.214. The lowest BCUT2D eigenvalue weighted by Gasteiger charge is -2.43. The zero-order chi connectivity index (χ0) is 27.6. The lowest BCUT2D eigenvalue weighted by atomic mass is 9.71. The molecule has 1 aromatic heterocycles. The van der Waals surface area contributed by atoms with E-state index in [0.29, 0.717) is 23.0 Å². The van der Waals surface area contributed by atoms with Gasteiger partial charge in [0.1, 0.15) is 12.7 Å². The second-order valence-corrected chi connectivity index (χ2v) is 9.11. The highest BCUT2D eigenvalue weighted by Crippen LogP contribution is 2.42. The summed E-state index contributed by atoms with van der Waals surface area (Å²) < 4.78 is 48.9. The van der Waals surface area contributed by atoms with E-state index in [2.05, 4.69) is 20.7 Å². The topological polar surface area (TPSA) is 98.1 Å². The summed E-state index contributed by atoms with van der Waals surface area (Å²) >= 11 is 0. The van der Waals surface area contributed by atoms with Gasteiger partial charge in [0, 0.05) is 11.3 Å². The highest BCUT2D eigenvalue weighted by atomic mass is 19.2. The van der Waals surface area contributed by atoms with Crippen molar-refractivity contribution < 1.29 is 27.5 Å². The number of halogens is 3. The van der Waals surface area contributed by atoms with Crippen LogP contribution in [0.2, 0.25) is 0 Å². The summed E-state index contributed by atoms with van der Waals surface area (Å²) in [5.74, 6) is -6.31. The van der Waals surface area contributed by atoms with Crippen molar-refractivity contribution in [3.63, 3.8) is 0 Å². The van der Waals surface area contributed by atoms with E-state index in [1.807, 2.05) is 6.07 Å². The van der Waals surface area contributed by atoms with Gasteiger partial charge >= 0.3 is 0 Å². The van der Waals surface area contributed by atoms with Crippen LogP contribution in [0.1, 0.15) is 52.5 Å². The molecule has 1 saturated carbocycles. The standard InChI is InChI=1S/C28H24F3N5O3/c1-2-39-25-23(30)21(14-22(29)24(25)31)27(38)34-19-9-7-18(8-10-19)28(11-4-12-28)35-26(37)17-5-3-6-20(13-17)36-16-32-15-33-36/h3,5-10,13-16H,2,4,11-12H2,1H3,(H,34,38)(H,35,37). The number of nitrogens with one attached hydrogen (secondary N) is 2. The molecule has 0 spiro atoms. The second kappa shape index (κ2) is 10.6. The van der Waals surface area contributed by atoms with Crippen molar-refractivity contribution in [2.75, 3.05) is 11.9 Å². The fourth-order valence-corrected chi connectivity index (χ4v) is 4.52. The van der Waals surface area contributed by atoms with Crippen LogP contribution < -0.4 is 15.4 Å². The summed E-state index contributed by atoms with van der Waals surface area (Å²) in [5.41, 5.74) is 1.06. The largest absolute Gasteiger partial charge is 0.488 e. The molecule has 1 aliphatic carbocycles. The zero-order valence-corrected chi connectivity index (χ0v) is 20.9. The molecule has 1 heterocycles. The summed E-state index contributed by atoms with van der Waals surface area (Å²) in [6.45, 7) is 1.38. The van der Waals surface area contributed by atoms with Crippen LogP contribution in [0.5, 0.6) is 5.75 Å². The van der Waals surface area contributed by atoms with Crippen LogP contribution in [0.3, 0.4) is 0 Å². The van der Waals surface area contributed by atoms with Gasteiger partial charge in [-0.2, -0.15) is 9.49 Å². The summed E-state index contributed by atoms with van der Waals surface area (Å²) in [6, 6.07) is 14.2. The van der Waals surface area contributed by atoms with Crippen molar-refractivity contribution in [1.29, 1.82) is 0 Å². The Labute approximate surface area is 221 Å². The highest BCUT2D eigenvalue weighted by molar-refractivity contribution is 6.04. The molecule has 1 fully saturated rings. The van der Waals surface area contributed by atoms with Gasteiger partial charge in [-0.3, -0.25) is 9.59 Å². The van der Waals surface area contributed by atoms with Crippen LogP contribution in [-0.4, -0.2) is 33.2 Å². The van der Waals surface area contributed by atoms with Crippen molar-refractivity contribution >= 4 is 17.5 Å². The van der Waals surface area contributed by atoms with E-state index in [1.165, 1.54) is 13.3 Å². The quantitative estimate of drug-likeness (QED) is 0.305. The fourth-order valence-electron chi connectivity index (χ4n) is 4.52. The van der Waals surface area contributed by atoms with Crippen molar-refractivity contribution in [2.45, 2.75) is 31.7 Å². The molecular formula is C28H24F3N5O3. The molecule has 0 unspecified atom stereocenters. The number of hydrogen-bond donors (Lipinski definition) is 2. The van der Waals surface area contributed by atoms with Crippen LogP contribution in [0.15, 0.2) is 67.3 Å². The monoisotopic (exact) mass is 535 g/mol. The average molecular weight is 536 g/mol. The van der Waals surface area contributed by atoms with Crippen LogP contribution in [0.25, 0.3) is 5.69 Å². The Balaban J connectivity index is 1.31. The first-order chi connectivity index (χ1) is 18.8. The number of benzene rings is 3. The molecule has 2 amide bonds. The van der Waals surface area contributed by atoms with E-state index in [9.17, 15) is 22.8 Å². The minimum Gasteiger partial charge on any atom is -0.488 e. The number of ether oxygens (including phenoxy) is 1.